The first-order chi connectivity index (χ1) is 7.20. The molecule has 0 aliphatic carbocycles. The van der Waals surface area contributed by atoms with Gasteiger partial charge in [0.25, 0.3) is 0 Å². The number of carbonyl (C=O) groups excluding carboxylic acids is 1. The van der Waals surface area contributed by atoms with Crippen LogP contribution in [-0.4, -0.2) is 15.8 Å². The number of aromatic nitrogens is 2. The maximum absolute atomic E-state index is 10.6. The van der Waals surface area contributed by atoms with Crippen molar-refractivity contribution in [3.8, 4) is 11.4 Å². The van der Waals surface area contributed by atoms with Crippen LogP contribution in [0, 0.1) is 0 Å². The normalized spacial score (nSPS) is 10.3. The van der Waals surface area contributed by atoms with E-state index in [4.69, 9.17) is 0 Å². The Bertz CT molecular complexity index is 505. The molecule has 0 unspecified atom stereocenters. The van der Waals surface area contributed by atoms with E-state index in [0.717, 1.165) is 22.1 Å². The molecule has 0 aliphatic heterocycles. The quantitative estimate of drug-likeness (QED) is 0.782. The minimum absolute atomic E-state index is 0.451. The van der Waals surface area contributed by atoms with Gasteiger partial charge in [-0.2, -0.15) is 0 Å². The third-order valence-corrected chi connectivity index (χ3v) is 2.59. The summed E-state index contributed by atoms with van der Waals surface area (Å²) in [6, 6.07) is 7.82. The van der Waals surface area contributed by atoms with Gasteiger partial charge in [0.2, 0.25) is 0 Å². The Morgan fingerprint density at radius 1 is 1.47 bits per heavy atom. The van der Waals surface area contributed by atoms with Gasteiger partial charge in [0.05, 0.1) is 0 Å². The highest BCUT2D eigenvalue weighted by molar-refractivity contribution is 9.10. The van der Waals surface area contributed by atoms with Crippen molar-refractivity contribution in [2.24, 2.45) is 7.05 Å². The number of benzene rings is 1. The summed E-state index contributed by atoms with van der Waals surface area (Å²) in [7, 11) is 1.87. The SMILES string of the molecule is Cn1cc(C=O)nc1-c1cccc(Br)c1. The molecule has 0 saturated heterocycles. The maximum Gasteiger partial charge on any atom is 0.170 e. The van der Waals surface area contributed by atoms with Crippen LogP contribution < -0.4 is 0 Å². The van der Waals surface area contributed by atoms with Gasteiger partial charge in [-0.05, 0) is 12.1 Å². The highest BCUT2D eigenvalue weighted by atomic mass is 79.9. The smallest absolute Gasteiger partial charge is 0.170 e. The molecule has 0 aliphatic rings. The number of hydrogen-bond donors (Lipinski definition) is 0. The zero-order valence-electron chi connectivity index (χ0n) is 8.14. The Morgan fingerprint density at radius 3 is 2.87 bits per heavy atom. The van der Waals surface area contributed by atoms with Crippen LogP contribution in [0.5, 0.6) is 0 Å². The van der Waals surface area contributed by atoms with Crippen LogP contribution in [0.3, 0.4) is 0 Å². The van der Waals surface area contributed by atoms with Gasteiger partial charge in [0.1, 0.15) is 11.5 Å². The van der Waals surface area contributed by atoms with Crippen molar-refractivity contribution >= 4 is 22.2 Å². The second kappa shape index (κ2) is 3.98. The van der Waals surface area contributed by atoms with Crippen molar-refractivity contribution < 1.29 is 4.79 Å². The zero-order valence-corrected chi connectivity index (χ0v) is 9.73. The number of halogens is 1. The Balaban J connectivity index is 2.53. The monoisotopic (exact) mass is 264 g/mol. The largest absolute Gasteiger partial charge is 0.333 e. The number of rotatable bonds is 2. The molecule has 0 bridgehead atoms. The fraction of sp³-hybridized carbons (Fsp3) is 0.0909. The van der Waals surface area contributed by atoms with E-state index in [1.807, 2.05) is 35.9 Å². The van der Waals surface area contributed by atoms with E-state index >= 15 is 0 Å². The molecule has 0 spiro atoms. The first-order valence-corrected chi connectivity index (χ1v) is 5.24. The maximum atomic E-state index is 10.6. The van der Waals surface area contributed by atoms with Gasteiger partial charge in [-0.1, -0.05) is 28.1 Å². The van der Waals surface area contributed by atoms with Gasteiger partial charge in [0.15, 0.2) is 6.29 Å². The van der Waals surface area contributed by atoms with Crippen LogP contribution in [0.2, 0.25) is 0 Å². The molecule has 2 rings (SSSR count). The minimum atomic E-state index is 0.451. The Hall–Kier alpha value is -1.42. The summed E-state index contributed by atoms with van der Waals surface area (Å²) in [4.78, 5) is 14.8. The van der Waals surface area contributed by atoms with Gasteiger partial charge in [-0.25, -0.2) is 4.98 Å². The Morgan fingerprint density at radius 2 is 2.27 bits per heavy atom. The molecule has 0 atom stereocenters. The molecule has 4 heteroatoms. The van der Waals surface area contributed by atoms with Crippen LogP contribution >= 0.6 is 15.9 Å². The Labute approximate surface area is 95.9 Å². The summed E-state index contributed by atoms with van der Waals surface area (Å²) in [5.41, 5.74) is 1.44. The number of nitrogens with zero attached hydrogens (tertiary/aromatic N) is 2. The van der Waals surface area contributed by atoms with E-state index in [-0.39, 0.29) is 0 Å². The second-order valence-electron chi connectivity index (χ2n) is 3.23. The topological polar surface area (TPSA) is 34.9 Å². The molecule has 0 fully saturated rings. The van der Waals surface area contributed by atoms with Crippen LogP contribution in [0.25, 0.3) is 11.4 Å². The minimum Gasteiger partial charge on any atom is -0.333 e. The summed E-state index contributed by atoms with van der Waals surface area (Å²) in [5, 5.41) is 0. The predicted molar refractivity (Wildman–Crippen MR) is 61.7 cm³/mol. The lowest BCUT2D eigenvalue weighted by Crippen LogP contribution is -1.90. The fourth-order valence-electron chi connectivity index (χ4n) is 1.44. The van der Waals surface area contributed by atoms with E-state index in [2.05, 4.69) is 20.9 Å². The molecular weight excluding hydrogens is 256 g/mol. The van der Waals surface area contributed by atoms with Crippen molar-refractivity contribution in [2.75, 3.05) is 0 Å². The fourth-order valence-corrected chi connectivity index (χ4v) is 1.84. The number of imidazole rings is 1. The van der Waals surface area contributed by atoms with Gasteiger partial charge in [0, 0.05) is 23.3 Å². The summed E-state index contributed by atoms with van der Waals surface area (Å²) in [5.74, 6) is 0.790. The predicted octanol–water partition coefficient (Wildman–Crippen LogP) is 2.66. The van der Waals surface area contributed by atoms with Crippen molar-refractivity contribution in [2.45, 2.75) is 0 Å². The zero-order chi connectivity index (χ0) is 10.8. The first kappa shape index (κ1) is 10.1. The highest BCUT2D eigenvalue weighted by Crippen LogP contribution is 2.21. The molecule has 3 nitrogen and oxygen atoms in total. The third kappa shape index (κ3) is 1.99. The molecule has 1 aromatic heterocycles. The molecule has 0 radical (unpaired) electrons. The third-order valence-electron chi connectivity index (χ3n) is 2.10. The summed E-state index contributed by atoms with van der Waals surface area (Å²) in [6.45, 7) is 0. The molecule has 15 heavy (non-hydrogen) atoms. The number of carbonyl (C=O) groups is 1. The van der Waals surface area contributed by atoms with Crippen molar-refractivity contribution in [1.82, 2.24) is 9.55 Å². The molecule has 0 saturated carbocycles. The number of aldehydes is 1. The number of hydrogen-bond acceptors (Lipinski definition) is 2. The molecule has 0 N–H and O–H groups in total. The van der Waals surface area contributed by atoms with Crippen LogP contribution in [0.4, 0.5) is 0 Å². The molecule has 2 aromatic rings. The van der Waals surface area contributed by atoms with E-state index in [0.29, 0.717) is 5.69 Å². The lowest BCUT2D eigenvalue weighted by atomic mass is 10.2. The number of aryl methyl sites for hydroxylation is 1. The van der Waals surface area contributed by atoms with Crippen molar-refractivity contribution in [3.63, 3.8) is 0 Å². The van der Waals surface area contributed by atoms with Crippen LogP contribution in [0.1, 0.15) is 10.5 Å². The van der Waals surface area contributed by atoms with Crippen LogP contribution in [0.15, 0.2) is 34.9 Å². The van der Waals surface area contributed by atoms with Gasteiger partial charge >= 0.3 is 0 Å². The van der Waals surface area contributed by atoms with E-state index < -0.39 is 0 Å². The Kier molecular flexibility index (Phi) is 2.68. The first-order valence-electron chi connectivity index (χ1n) is 4.45. The van der Waals surface area contributed by atoms with E-state index in [1.165, 1.54) is 0 Å². The lowest BCUT2D eigenvalue weighted by Gasteiger charge is -2.01. The average molecular weight is 265 g/mol. The second-order valence-corrected chi connectivity index (χ2v) is 4.14. The standard InChI is InChI=1S/C11H9BrN2O/c1-14-6-10(7-15)13-11(14)8-3-2-4-9(12)5-8/h2-7H,1H3. The molecule has 1 aromatic carbocycles. The van der Waals surface area contributed by atoms with Gasteiger partial charge < -0.3 is 4.57 Å². The lowest BCUT2D eigenvalue weighted by molar-refractivity contribution is 0.111. The molecule has 1 heterocycles. The summed E-state index contributed by atoms with van der Waals surface area (Å²) < 4.78 is 2.83. The van der Waals surface area contributed by atoms with Crippen molar-refractivity contribution in [3.05, 3.63) is 40.6 Å². The van der Waals surface area contributed by atoms with Gasteiger partial charge in [-0.3, -0.25) is 4.79 Å². The van der Waals surface area contributed by atoms with E-state index in [9.17, 15) is 4.79 Å². The molecule has 76 valence electrons. The van der Waals surface area contributed by atoms with Gasteiger partial charge in [-0.15, -0.1) is 0 Å². The highest BCUT2D eigenvalue weighted by Gasteiger charge is 2.06. The molecule has 0 amide bonds. The molecular formula is C11H9BrN2O. The summed E-state index contributed by atoms with van der Waals surface area (Å²) >= 11 is 3.40. The van der Waals surface area contributed by atoms with E-state index in [1.54, 1.807) is 6.20 Å². The average Bonchev–Trinajstić information content (AvgIpc) is 2.60. The van der Waals surface area contributed by atoms with Crippen LogP contribution in [-0.2, 0) is 7.05 Å². The van der Waals surface area contributed by atoms with Crippen molar-refractivity contribution in [1.29, 1.82) is 0 Å². The summed E-state index contributed by atoms with van der Waals surface area (Å²) in [6.07, 6.45) is 2.46.